The normalized spacial score (nSPS) is 11.8. The second-order valence-corrected chi connectivity index (χ2v) is 13.8. The monoisotopic (exact) mass is 646 g/mol. The van der Waals surface area contributed by atoms with Gasteiger partial charge in [-0.15, -0.1) is 11.3 Å². The highest BCUT2D eigenvalue weighted by molar-refractivity contribution is 7.25. The molecular weight excluding hydrogens is 617 g/mol. The third kappa shape index (κ3) is 4.64. The molecule has 49 heavy (non-hydrogen) atoms. The van der Waals surface area contributed by atoms with Crippen molar-refractivity contribution in [3.8, 4) is 0 Å². The fraction of sp³-hybridized carbons (Fsp3) is 0.0222. The van der Waals surface area contributed by atoms with Gasteiger partial charge in [-0.3, -0.25) is 0 Å². The molecule has 0 saturated carbocycles. The van der Waals surface area contributed by atoms with Crippen LogP contribution >= 0.6 is 11.3 Å². The summed E-state index contributed by atoms with van der Waals surface area (Å²) >= 11 is 1.84. The highest BCUT2D eigenvalue weighted by atomic mass is 32.1. The Labute approximate surface area is 287 Å². The summed E-state index contributed by atoms with van der Waals surface area (Å²) in [5.41, 5.74) is 7.23. The molecule has 3 nitrogen and oxygen atoms in total. The quantitative estimate of drug-likeness (QED) is 0.185. The van der Waals surface area contributed by atoms with Crippen molar-refractivity contribution in [1.82, 2.24) is 0 Å². The number of rotatable bonds is 5. The third-order valence-corrected chi connectivity index (χ3v) is 11.0. The maximum absolute atomic E-state index is 6.65. The summed E-state index contributed by atoms with van der Waals surface area (Å²) in [7, 11) is 2.11. The molecule has 8 aromatic carbocycles. The van der Waals surface area contributed by atoms with Crippen molar-refractivity contribution in [1.29, 1.82) is 0 Å². The predicted octanol–water partition coefficient (Wildman–Crippen LogP) is 13.5. The van der Waals surface area contributed by atoms with E-state index in [4.69, 9.17) is 4.42 Å². The molecule has 0 aliphatic rings. The Morgan fingerprint density at radius 1 is 0.388 bits per heavy atom. The number of benzene rings is 8. The first-order valence-electron chi connectivity index (χ1n) is 16.6. The molecule has 0 atom stereocenters. The average molecular weight is 647 g/mol. The zero-order valence-electron chi connectivity index (χ0n) is 26.8. The van der Waals surface area contributed by atoms with Gasteiger partial charge in [0.25, 0.3) is 0 Å². The second kappa shape index (κ2) is 11.0. The van der Waals surface area contributed by atoms with Crippen LogP contribution in [0.4, 0.5) is 28.4 Å². The van der Waals surface area contributed by atoms with Gasteiger partial charge in [-0.25, -0.2) is 0 Å². The van der Waals surface area contributed by atoms with E-state index in [0.717, 1.165) is 50.4 Å². The lowest BCUT2D eigenvalue weighted by molar-refractivity contribution is 0.669. The summed E-state index contributed by atoms with van der Waals surface area (Å²) in [5.74, 6) is 0. The van der Waals surface area contributed by atoms with Gasteiger partial charge in [0.2, 0.25) is 0 Å². The number of hydrogen-bond acceptors (Lipinski definition) is 4. The molecule has 10 rings (SSSR count). The minimum absolute atomic E-state index is 0.867. The average Bonchev–Trinajstić information content (AvgIpc) is 3.71. The van der Waals surface area contributed by atoms with Crippen LogP contribution in [-0.2, 0) is 0 Å². The van der Waals surface area contributed by atoms with Gasteiger partial charge in [0.15, 0.2) is 0 Å². The molecule has 0 aliphatic carbocycles. The van der Waals surface area contributed by atoms with Crippen LogP contribution in [0.2, 0.25) is 0 Å². The summed E-state index contributed by atoms with van der Waals surface area (Å²) in [5, 5.41) is 9.69. The van der Waals surface area contributed by atoms with Gasteiger partial charge >= 0.3 is 0 Å². The van der Waals surface area contributed by atoms with Gasteiger partial charge in [0.1, 0.15) is 11.2 Å². The van der Waals surface area contributed by atoms with E-state index in [1.165, 1.54) is 41.7 Å². The molecule has 10 aromatic rings. The summed E-state index contributed by atoms with van der Waals surface area (Å²) in [6.07, 6.45) is 0. The van der Waals surface area contributed by atoms with Crippen LogP contribution in [0.3, 0.4) is 0 Å². The highest BCUT2D eigenvalue weighted by Gasteiger charge is 2.18. The van der Waals surface area contributed by atoms with Crippen molar-refractivity contribution in [3.63, 3.8) is 0 Å². The van der Waals surface area contributed by atoms with Crippen LogP contribution in [0.25, 0.3) is 63.7 Å². The van der Waals surface area contributed by atoms with Crippen LogP contribution in [0.15, 0.2) is 168 Å². The Kier molecular flexibility index (Phi) is 6.27. The SMILES string of the molecule is CN(c1ccc2ccccc2c1)c1ccc2c(c1)oc1cc(N(c3ccc4ccccc4c3)c3ccc4sc5ccccc5c4c3)ccc12. The molecule has 0 N–H and O–H groups in total. The van der Waals surface area contributed by atoms with E-state index >= 15 is 0 Å². The van der Waals surface area contributed by atoms with E-state index < -0.39 is 0 Å². The number of nitrogens with zero attached hydrogens (tertiary/aromatic N) is 2. The van der Waals surface area contributed by atoms with Crippen molar-refractivity contribution in [2.75, 3.05) is 16.8 Å². The van der Waals surface area contributed by atoms with Crippen LogP contribution in [0.5, 0.6) is 0 Å². The standard InChI is InChI=1S/C45H30N2OS/c1-46(33-16-14-29-8-2-4-10-31(29)24-33)34-18-21-38-39-22-19-37(28-43(39)48-42(38)27-34)47(35-17-15-30-9-3-5-11-32(30)25-35)36-20-23-45-41(26-36)40-12-6-7-13-44(40)49-45/h2-28H,1H3. The number of furan rings is 1. The summed E-state index contributed by atoms with van der Waals surface area (Å²) in [6.45, 7) is 0. The largest absolute Gasteiger partial charge is 0.456 e. The topological polar surface area (TPSA) is 19.6 Å². The fourth-order valence-corrected chi connectivity index (χ4v) is 8.34. The summed E-state index contributed by atoms with van der Waals surface area (Å²) in [4.78, 5) is 4.57. The van der Waals surface area contributed by atoms with Crippen molar-refractivity contribution >= 4 is 103 Å². The second-order valence-electron chi connectivity index (χ2n) is 12.7. The predicted molar refractivity (Wildman–Crippen MR) is 211 cm³/mol. The maximum atomic E-state index is 6.65. The number of thiophene rings is 1. The Balaban J connectivity index is 1.10. The van der Waals surface area contributed by atoms with Crippen LogP contribution < -0.4 is 9.80 Å². The van der Waals surface area contributed by atoms with Gasteiger partial charge < -0.3 is 14.2 Å². The maximum Gasteiger partial charge on any atom is 0.137 e. The Hall–Kier alpha value is -6.10. The zero-order chi connectivity index (χ0) is 32.5. The number of hydrogen-bond donors (Lipinski definition) is 0. The van der Waals surface area contributed by atoms with E-state index in [1.807, 2.05) is 11.3 Å². The smallest absolute Gasteiger partial charge is 0.137 e. The molecule has 0 unspecified atom stereocenters. The lowest BCUT2D eigenvalue weighted by Crippen LogP contribution is -2.09. The number of anilines is 5. The lowest BCUT2D eigenvalue weighted by Gasteiger charge is -2.26. The highest BCUT2D eigenvalue weighted by Crippen LogP contribution is 2.43. The molecule has 0 radical (unpaired) electrons. The minimum atomic E-state index is 0.867. The van der Waals surface area contributed by atoms with Crippen LogP contribution in [-0.4, -0.2) is 7.05 Å². The molecule has 0 spiro atoms. The van der Waals surface area contributed by atoms with Crippen molar-refractivity contribution < 1.29 is 4.42 Å². The first-order chi connectivity index (χ1) is 24.2. The molecule has 2 heterocycles. The Morgan fingerprint density at radius 3 is 1.63 bits per heavy atom. The first-order valence-corrected chi connectivity index (χ1v) is 17.4. The van der Waals surface area contributed by atoms with E-state index in [0.29, 0.717) is 0 Å². The molecule has 2 aromatic heterocycles. The molecule has 4 heteroatoms. The number of fused-ring (bicyclic) bond motifs is 8. The zero-order valence-corrected chi connectivity index (χ0v) is 27.6. The summed E-state index contributed by atoms with van der Waals surface area (Å²) < 4.78 is 9.24. The van der Waals surface area contributed by atoms with E-state index in [-0.39, 0.29) is 0 Å². The van der Waals surface area contributed by atoms with Crippen LogP contribution in [0, 0.1) is 0 Å². The van der Waals surface area contributed by atoms with Gasteiger partial charge in [0.05, 0.1) is 0 Å². The molecule has 0 amide bonds. The first kappa shape index (κ1) is 28.0. The Bertz CT molecular complexity index is 2880. The van der Waals surface area contributed by atoms with E-state index in [2.05, 4.69) is 181 Å². The lowest BCUT2D eigenvalue weighted by atomic mass is 10.1. The molecule has 0 aliphatic heterocycles. The van der Waals surface area contributed by atoms with Crippen molar-refractivity contribution in [2.45, 2.75) is 0 Å². The minimum Gasteiger partial charge on any atom is -0.456 e. The molecular formula is C45H30N2OS. The van der Waals surface area contributed by atoms with E-state index in [9.17, 15) is 0 Å². The van der Waals surface area contributed by atoms with Gasteiger partial charge in [-0.05, 0) is 94.3 Å². The third-order valence-electron chi connectivity index (χ3n) is 9.82. The molecule has 0 saturated heterocycles. The molecule has 232 valence electrons. The van der Waals surface area contributed by atoms with Gasteiger partial charge in [-0.2, -0.15) is 0 Å². The van der Waals surface area contributed by atoms with Crippen molar-refractivity contribution in [2.24, 2.45) is 0 Å². The molecule has 0 fully saturated rings. The van der Waals surface area contributed by atoms with Crippen LogP contribution in [0.1, 0.15) is 0 Å². The fourth-order valence-electron chi connectivity index (χ4n) is 7.25. The van der Waals surface area contributed by atoms with Gasteiger partial charge in [0, 0.05) is 78.6 Å². The van der Waals surface area contributed by atoms with Crippen molar-refractivity contribution in [3.05, 3.63) is 164 Å². The summed E-state index contributed by atoms with van der Waals surface area (Å²) in [6, 6.07) is 59.0. The Morgan fingerprint density at radius 2 is 0.878 bits per heavy atom. The van der Waals surface area contributed by atoms with Gasteiger partial charge in [-0.1, -0.05) is 78.9 Å². The van der Waals surface area contributed by atoms with E-state index in [1.54, 1.807) is 0 Å². The molecule has 0 bridgehead atoms.